The van der Waals surface area contributed by atoms with Crippen LogP contribution in [-0.4, -0.2) is 28.8 Å². The topological polar surface area (TPSA) is 80.0 Å². The standard InChI is InChI=1S/C25H23NO5/c1-15-10-11-16(2)19(13-15)23(27)21-22(18-8-4-5-9-20(18)30-3)26(25(29)24(21)28)14-17-7-6-12-31-17/h4-13,22,27H,14H2,1-3H3/b23-21+. The molecule has 6 heteroatoms. The molecular weight excluding hydrogens is 394 g/mol. The van der Waals surface area contributed by atoms with Crippen LogP contribution in [0.5, 0.6) is 5.75 Å². The van der Waals surface area contributed by atoms with Crippen LogP contribution < -0.4 is 4.74 Å². The number of carbonyl (C=O) groups is 2. The summed E-state index contributed by atoms with van der Waals surface area (Å²) < 4.78 is 10.9. The van der Waals surface area contributed by atoms with Crippen molar-refractivity contribution in [2.75, 3.05) is 7.11 Å². The average molecular weight is 417 g/mol. The molecule has 2 heterocycles. The molecule has 1 fully saturated rings. The van der Waals surface area contributed by atoms with Crippen LogP contribution in [-0.2, 0) is 16.1 Å². The fourth-order valence-corrected chi connectivity index (χ4v) is 3.97. The maximum Gasteiger partial charge on any atom is 0.296 e. The van der Waals surface area contributed by atoms with E-state index >= 15 is 0 Å². The first-order chi connectivity index (χ1) is 14.9. The number of methoxy groups -OCH3 is 1. The number of furan rings is 1. The van der Waals surface area contributed by atoms with Crippen LogP contribution in [0, 0.1) is 13.8 Å². The fourth-order valence-electron chi connectivity index (χ4n) is 3.97. The van der Waals surface area contributed by atoms with Gasteiger partial charge in [-0.15, -0.1) is 0 Å². The number of aliphatic hydroxyl groups excluding tert-OH is 1. The second-order valence-corrected chi connectivity index (χ2v) is 7.57. The highest BCUT2D eigenvalue weighted by Crippen LogP contribution is 2.43. The highest BCUT2D eigenvalue weighted by molar-refractivity contribution is 6.46. The smallest absolute Gasteiger partial charge is 0.296 e. The van der Waals surface area contributed by atoms with E-state index in [1.807, 2.05) is 44.2 Å². The Morgan fingerprint density at radius 2 is 1.87 bits per heavy atom. The van der Waals surface area contributed by atoms with Crippen LogP contribution in [0.25, 0.3) is 5.76 Å². The number of benzene rings is 2. The van der Waals surface area contributed by atoms with E-state index in [-0.39, 0.29) is 17.9 Å². The molecule has 6 nitrogen and oxygen atoms in total. The van der Waals surface area contributed by atoms with Crippen LogP contribution in [0.1, 0.15) is 34.1 Å². The molecule has 3 aromatic rings. The van der Waals surface area contributed by atoms with Crippen molar-refractivity contribution in [3.05, 3.63) is 94.4 Å². The van der Waals surface area contributed by atoms with E-state index < -0.39 is 17.7 Å². The van der Waals surface area contributed by atoms with Crippen LogP contribution in [0.3, 0.4) is 0 Å². The molecule has 0 aliphatic carbocycles. The summed E-state index contributed by atoms with van der Waals surface area (Å²) in [5.74, 6) is -0.573. The van der Waals surface area contributed by atoms with Gasteiger partial charge < -0.3 is 19.2 Å². The minimum atomic E-state index is -0.818. The number of amides is 1. The molecule has 2 aromatic carbocycles. The number of likely N-dealkylation sites (tertiary alicyclic amines) is 1. The van der Waals surface area contributed by atoms with E-state index in [9.17, 15) is 14.7 Å². The van der Waals surface area contributed by atoms with Crippen molar-refractivity contribution in [1.82, 2.24) is 4.90 Å². The second-order valence-electron chi connectivity index (χ2n) is 7.57. The molecule has 31 heavy (non-hydrogen) atoms. The summed E-state index contributed by atoms with van der Waals surface area (Å²) in [6, 6.07) is 15.4. The molecule has 1 atom stereocenters. The molecule has 1 unspecified atom stereocenters. The zero-order chi connectivity index (χ0) is 22.1. The summed E-state index contributed by atoms with van der Waals surface area (Å²) in [6.45, 7) is 3.85. The van der Waals surface area contributed by atoms with Crippen molar-refractivity contribution in [2.45, 2.75) is 26.4 Å². The van der Waals surface area contributed by atoms with E-state index in [1.165, 1.54) is 18.3 Å². The van der Waals surface area contributed by atoms with Gasteiger partial charge in [0.05, 0.1) is 31.5 Å². The van der Waals surface area contributed by atoms with Crippen molar-refractivity contribution in [1.29, 1.82) is 0 Å². The van der Waals surface area contributed by atoms with Gasteiger partial charge in [-0.05, 0) is 43.7 Å². The van der Waals surface area contributed by atoms with Gasteiger partial charge in [0.2, 0.25) is 0 Å². The van der Waals surface area contributed by atoms with Gasteiger partial charge in [0, 0.05) is 11.1 Å². The van der Waals surface area contributed by atoms with Gasteiger partial charge in [0.1, 0.15) is 17.3 Å². The number of ether oxygens (including phenoxy) is 1. The molecule has 1 aromatic heterocycles. The Hall–Kier alpha value is -3.80. The van der Waals surface area contributed by atoms with Crippen LogP contribution >= 0.6 is 0 Å². The summed E-state index contributed by atoms with van der Waals surface area (Å²) in [5, 5.41) is 11.3. The molecule has 158 valence electrons. The maximum atomic E-state index is 13.2. The summed E-state index contributed by atoms with van der Waals surface area (Å²) in [7, 11) is 1.53. The van der Waals surface area contributed by atoms with Crippen LogP contribution in [0.4, 0.5) is 0 Å². The van der Waals surface area contributed by atoms with Gasteiger partial charge in [0.25, 0.3) is 11.7 Å². The number of carbonyl (C=O) groups excluding carboxylic acids is 2. The third-order valence-electron chi connectivity index (χ3n) is 5.53. The Morgan fingerprint density at radius 1 is 1.10 bits per heavy atom. The number of hydrogen-bond acceptors (Lipinski definition) is 5. The molecule has 1 amide bonds. The third kappa shape index (κ3) is 3.61. The van der Waals surface area contributed by atoms with Gasteiger partial charge in [-0.2, -0.15) is 0 Å². The van der Waals surface area contributed by atoms with Crippen LogP contribution in [0.2, 0.25) is 0 Å². The Bertz CT molecular complexity index is 1180. The molecule has 4 rings (SSSR count). The molecule has 0 bridgehead atoms. The lowest BCUT2D eigenvalue weighted by atomic mass is 9.93. The Kier molecular flexibility index (Phi) is 5.38. The fraction of sp³-hybridized carbons (Fsp3) is 0.200. The molecule has 1 aliphatic rings. The highest BCUT2D eigenvalue weighted by atomic mass is 16.5. The number of para-hydroxylation sites is 1. The van der Waals surface area contributed by atoms with Crippen molar-refractivity contribution in [3.63, 3.8) is 0 Å². The zero-order valence-corrected chi connectivity index (χ0v) is 17.6. The first kappa shape index (κ1) is 20.5. The van der Waals surface area contributed by atoms with E-state index in [2.05, 4.69) is 0 Å². The summed E-state index contributed by atoms with van der Waals surface area (Å²) >= 11 is 0. The molecular formula is C25H23NO5. The van der Waals surface area contributed by atoms with Crippen molar-refractivity contribution >= 4 is 17.4 Å². The second kappa shape index (κ2) is 8.14. The number of hydrogen-bond donors (Lipinski definition) is 1. The Balaban J connectivity index is 1.94. The molecule has 0 radical (unpaired) electrons. The lowest BCUT2D eigenvalue weighted by molar-refractivity contribution is -0.140. The van der Waals surface area contributed by atoms with E-state index in [0.29, 0.717) is 22.6 Å². The zero-order valence-electron chi connectivity index (χ0n) is 17.6. The van der Waals surface area contributed by atoms with Gasteiger partial charge in [-0.25, -0.2) is 0 Å². The number of rotatable bonds is 5. The minimum Gasteiger partial charge on any atom is -0.507 e. The average Bonchev–Trinajstić information content (AvgIpc) is 3.37. The minimum absolute atomic E-state index is 0.0368. The molecule has 1 N–H and O–H groups in total. The lowest BCUT2D eigenvalue weighted by Gasteiger charge is -2.26. The number of ketones is 1. The largest absolute Gasteiger partial charge is 0.507 e. The number of nitrogens with zero attached hydrogens (tertiary/aromatic N) is 1. The first-order valence-corrected chi connectivity index (χ1v) is 9.93. The number of aryl methyl sites for hydroxylation is 2. The molecule has 1 aliphatic heterocycles. The van der Waals surface area contributed by atoms with Gasteiger partial charge in [0.15, 0.2) is 0 Å². The van der Waals surface area contributed by atoms with Gasteiger partial charge >= 0.3 is 0 Å². The quantitative estimate of drug-likeness (QED) is 0.375. The van der Waals surface area contributed by atoms with Crippen molar-refractivity contribution in [2.24, 2.45) is 0 Å². The third-order valence-corrected chi connectivity index (χ3v) is 5.53. The van der Waals surface area contributed by atoms with E-state index in [1.54, 1.807) is 24.3 Å². The van der Waals surface area contributed by atoms with Gasteiger partial charge in [-0.1, -0.05) is 35.9 Å². The summed E-state index contributed by atoms with van der Waals surface area (Å²) in [5.41, 5.74) is 2.91. The van der Waals surface area contributed by atoms with E-state index in [4.69, 9.17) is 9.15 Å². The maximum absolute atomic E-state index is 13.2. The van der Waals surface area contributed by atoms with Crippen LogP contribution in [0.15, 0.2) is 70.9 Å². The Labute approximate surface area is 180 Å². The highest BCUT2D eigenvalue weighted by Gasteiger charge is 2.47. The normalized spacial score (nSPS) is 17.9. The lowest BCUT2D eigenvalue weighted by Crippen LogP contribution is -2.29. The predicted octanol–water partition coefficient (Wildman–Crippen LogP) is 4.53. The molecule has 0 spiro atoms. The van der Waals surface area contributed by atoms with E-state index in [0.717, 1.165) is 11.1 Å². The molecule has 1 saturated heterocycles. The summed E-state index contributed by atoms with van der Waals surface area (Å²) in [6.07, 6.45) is 1.51. The van der Waals surface area contributed by atoms with Gasteiger partial charge in [-0.3, -0.25) is 9.59 Å². The summed E-state index contributed by atoms with van der Waals surface area (Å²) in [4.78, 5) is 27.6. The Morgan fingerprint density at radius 3 is 2.58 bits per heavy atom. The predicted molar refractivity (Wildman–Crippen MR) is 115 cm³/mol. The monoisotopic (exact) mass is 417 g/mol. The number of Topliss-reactive ketones (excluding diaryl/α,β-unsaturated/α-hetero) is 1. The van der Waals surface area contributed by atoms with Crippen molar-refractivity contribution in [3.8, 4) is 5.75 Å². The molecule has 0 saturated carbocycles. The first-order valence-electron chi connectivity index (χ1n) is 9.93. The number of aliphatic hydroxyl groups is 1. The SMILES string of the molecule is COc1ccccc1C1/C(=C(\O)c2cc(C)ccc2C)C(=O)C(=O)N1Cc1ccco1. The van der Waals surface area contributed by atoms with Crippen molar-refractivity contribution < 1.29 is 23.8 Å².